The first kappa shape index (κ1) is 19.2. The standard InChI is InChI=1S/C21H32N2O3/c1-25-18-9-5-6-15(12-18)14-22-21(24)16-10-11-20(26-2)19(13-16)23-17-7-3-4-8-17/h5-6,9,12,16-17,19-20,23H,3-4,7-8,10-11,13-14H2,1-2H3,(H,22,24)/t16-,19+,20+/m0/s1. The van der Waals surface area contributed by atoms with E-state index in [1.165, 1.54) is 25.7 Å². The molecular formula is C21H32N2O3. The minimum absolute atomic E-state index is 0.0610. The number of methoxy groups -OCH3 is 2. The molecule has 3 atom stereocenters. The molecule has 3 rings (SSSR count). The molecule has 0 radical (unpaired) electrons. The third kappa shape index (κ3) is 4.98. The van der Waals surface area contributed by atoms with Crippen LogP contribution in [0.5, 0.6) is 5.75 Å². The third-order valence-corrected chi connectivity index (χ3v) is 5.87. The fraction of sp³-hybridized carbons (Fsp3) is 0.667. The molecule has 2 aliphatic rings. The molecule has 0 spiro atoms. The van der Waals surface area contributed by atoms with Gasteiger partial charge in [0.2, 0.25) is 5.91 Å². The number of amides is 1. The number of nitrogens with one attached hydrogen (secondary N) is 2. The lowest BCUT2D eigenvalue weighted by Crippen LogP contribution is -2.50. The number of hydrogen-bond donors (Lipinski definition) is 2. The van der Waals surface area contributed by atoms with E-state index in [2.05, 4.69) is 10.6 Å². The molecule has 2 saturated carbocycles. The van der Waals surface area contributed by atoms with Crippen molar-refractivity contribution in [1.29, 1.82) is 0 Å². The Balaban J connectivity index is 1.53. The second-order valence-corrected chi connectivity index (χ2v) is 7.61. The minimum atomic E-state index is 0.0610. The van der Waals surface area contributed by atoms with Crippen molar-refractivity contribution in [3.8, 4) is 5.75 Å². The van der Waals surface area contributed by atoms with E-state index in [-0.39, 0.29) is 24.0 Å². The van der Waals surface area contributed by atoms with Gasteiger partial charge in [-0.1, -0.05) is 25.0 Å². The van der Waals surface area contributed by atoms with E-state index in [1.54, 1.807) is 14.2 Å². The van der Waals surface area contributed by atoms with Crippen LogP contribution in [-0.2, 0) is 16.1 Å². The highest BCUT2D eigenvalue weighted by atomic mass is 16.5. The number of carbonyl (C=O) groups excluding carboxylic acids is 1. The van der Waals surface area contributed by atoms with Gasteiger partial charge >= 0.3 is 0 Å². The van der Waals surface area contributed by atoms with Gasteiger partial charge in [-0.3, -0.25) is 4.79 Å². The normalized spacial score (nSPS) is 26.6. The average molecular weight is 360 g/mol. The summed E-state index contributed by atoms with van der Waals surface area (Å²) in [6.45, 7) is 0.543. The Kier molecular flexibility index (Phi) is 6.92. The van der Waals surface area contributed by atoms with Crippen molar-refractivity contribution in [1.82, 2.24) is 10.6 Å². The lowest BCUT2D eigenvalue weighted by molar-refractivity contribution is -0.127. The molecule has 0 unspecified atom stereocenters. The van der Waals surface area contributed by atoms with Crippen molar-refractivity contribution in [3.63, 3.8) is 0 Å². The quantitative estimate of drug-likeness (QED) is 0.785. The van der Waals surface area contributed by atoms with Gasteiger partial charge in [0.25, 0.3) is 0 Å². The Morgan fingerprint density at radius 3 is 2.69 bits per heavy atom. The van der Waals surface area contributed by atoms with E-state index in [1.807, 2.05) is 24.3 Å². The molecule has 2 N–H and O–H groups in total. The molecule has 0 bridgehead atoms. The van der Waals surface area contributed by atoms with Crippen LogP contribution in [0.25, 0.3) is 0 Å². The monoisotopic (exact) mass is 360 g/mol. The number of benzene rings is 1. The highest BCUT2D eigenvalue weighted by Gasteiger charge is 2.35. The second kappa shape index (κ2) is 9.38. The summed E-state index contributed by atoms with van der Waals surface area (Å²) in [5, 5.41) is 6.87. The van der Waals surface area contributed by atoms with E-state index in [9.17, 15) is 4.79 Å². The summed E-state index contributed by atoms with van der Waals surface area (Å²) in [4.78, 5) is 12.7. The van der Waals surface area contributed by atoms with Gasteiger partial charge in [-0.05, 0) is 49.8 Å². The minimum Gasteiger partial charge on any atom is -0.497 e. The molecule has 26 heavy (non-hydrogen) atoms. The zero-order chi connectivity index (χ0) is 18.4. The number of rotatable bonds is 7. The molecule has 5 nitrogen and oxygen atoms in total. The van der Waals surface area contributed by atoms with E-state index in [0.717, 1.165) is 30.6 Å². The van der Waals surface area contributed by atoms with Crippen LogP contribution in [-0.4, -0.2) is 38.3 Å². The van der Waals surface area contributed by atoms with Gasteiger partial charge in [0.05, 0.1) is 13.2 Å². The van der Waals surface area contributed by atoms with Crippen molar-refractivity contribution in [2.24, 2.45) is 5.92 Å². The van der Waals surface area contributed by atoms with Crippen LogP contribution in [0, 0.1) is 5.92 Å². The molecule has 5 heteroatoms. The van der Waals surface area contributed by atoms with Crippen molar-refractivity contribution in [2.45, 2.75) is 69.7 Å². The summed E-state index contributed by atoms with van der Waals surface area (Å²) in [5.74, 6) is 1.03. The highest BCUT2D eigenvalue weighted by molar-refractivity contribution is 5.78. The van der Waals surface area contributed by atoms with Crippen LogP contribution in [0.4, 0.5) is 0 Å². The Hall–Kier alpha value is -1.59. The fourth-order valence-electron chi connectivity index (χ4n) is 4.35. The predicted molar refractivity (Wildman–Crippen MR) is 102 cm³/mol. The Labute approximate surface area is 156 Å². The smallest absolute Gasteiger partial charge is 0.223 e. The summed E-state index contributed by atoms with van der Waals surface area (Å²) < 4.78 is 10.9. The van der Waals surface area contributed by atoms with Gasteiger partial charge in [-0.25, -0.2) is 0 Å². The molecule has 0 aromatic heterocycles. The van der Waals surface area contributed by atoms with E-state index >= 15 is 0 Å². The van der Waals surface area contributed by atoms with Crippen LogP contribution >= 0.6 is 0 Å². The van der Waals surface area contributed by atoms with Crippen LogP contribution in [0.3, 0.4) is 0 Å². The molecule has 0 saturated heterocycles. The SMILES string of the molecule is COc1cccc(CNC(=O)[C@H]2CC[C@@H](OC)[C@H](NC3CCCC3)C2)c1. The molecule has 0 aliphatic heterocycles. The maximum atomic E-state index is 12.7. The van der Waals surface area contributed by atoms with Gasteiger partial charge in [-0.15, -0.1) is 0 Å². The molecular weight excluding hydrogens is 328 g/mol. The molecule has 1 amide bonds. The Bertz CT molecular complexity index is 586. The zero-order valence-electron chi connectivity index (χ0n) is 16.0. The molecule has 0 heterocycles. The van der Waals surface area contributed by atoms with Gasteiger partial charge in [0.1, 0.15) is 5.75 Å². The van der Waals surface area contributed by atoms with E-state index in [4.69, 9.17) is 9.47 Å². The van der Waals surface area contributed by atoms with Crippen molar-refractivity contribution < 1.29 is 14.3 Å². The van der Waals surface area contributed by atoms with Gasteiger partial charge < -0.3 is 20.1 Å². The summed E-state index contributed by atoms with van der Waals surface area (Å²) in [6, 6.07) is 8.71. The first-order chi connectivity index (χ1) is 12.7. The fourth-order valence-corrected chi connectivity index (χ4v) is 4.35. The first-order valence-corrected chi connectivity index (χ1v) is 9.89. The van der Waals surface area contributed by atoms with Crippen LogP contribution in [0.1, 0.15) is 50.5 Å². The predicted octanol–water partition coefficient (Wildman–Crippen LogP) is 3.03. The summed E-state index contributed by atoms with van der Waals surface area (Å²) in [5.41, 5.74) is 1.06. The topological polar surface area (TPSA) is 59.6 Å². The first-order valence-electron chi connectivity index (χ1n) is 9.89. The average Bonchev–Trinajstić information content (AvgIpc) is 3.19. The maximum absolute atomic E-state index is 12.7. The number of ether oxygens (including phenoxy) is 2. The third-order valence-electron chi connectivity index (χ3n) is 5.87. The van der Waals surface area contributed by atoms with Crippen LogP contribution in [0.2, 0.25) is 0 Å². The zero-order valence-corrected chi connectivity index (χ0v) is 16.0. The van der Waals surface area contributed by atoms with E-state index < -0.39 is 0 Å². The largest absolute Gasteiger partial charge is 0.497 e. The summed E-state index contributed by atoms with van der Waals surface area (Å²) in [6.07, 6.45) is 8.04. The van der Waals surface area contributed by atoms with Crippen LogP contribution in [0.15, 0.2) is 24.3 Å². The molecule has 2 fully saturated rings. The summed E-state index contributed by atoms with van der Waals surface area (Å²) >= 11 is 0. The molecule has 1 aromatic carbocycles. The van der Waals surface area contributed by atoms with E-state index in [0.29, 0.717) is 12.6 Å². The molecule has 1 aromatic rings. The molecule has 2 aliphatic carbocycles. The van der Waals surface area contributed by atoms with Gasteiger partial charge in [-0.2, -0.15) is 0 Å². The van der Waals surface area contributed by atoms with Crippen molar-refractivity contribution in [2.75, 3.05) is 14.2 Å². The molecule has 144 valence electrons. The lowest BCUT2D eigenvalue weighted by Gasteiger charge is -2.37. The van der Waals surface area contributed by atoms with Gasteiger partial charge in [0, 0.05) is 31.7 Å². The van der Waals surface area contributed by atoms with Crippen LogP contribution < -0.4 is 15.4 Å². The Morgan fingerprint density at radius 1 is 1.15 bits per heavy atom. The Morgan fingerprint density at radius 2 is 1.96 bits per heavy atom. The van der Waals surface area contributed by atoms with Crippen molar-refractivity contribution in [3.05, 3.63) is 29.8 Å². The lowest BCUT2D eigenvalue weighted by atomic mass is 9.82. The maximum Gasteiger partial charge on any atom is 0.223 e. The van der Waals surface area contributed by atoms with Gasteiger partial charge in [0.15, 0.2) is 0 Å². The van der Waals surface area contributed by atoms with Crippen molar-refractivity contribution >= 4 is 5.91 Å². The second-order valence-electron chi connectivity index (χ2n) is 7.61. The highest BCUT2D eigenvalue weighted by Crippen LogP contribution is 2.29. The number of hydrogen-bond acceptors (Lipinski definition) is 4. The number of carbonyl (C=O) groups is 1. The summed E-state index contributed by atoms with van der Waals surface area (Å²) in [7, 11) is 3.45.